The molecule has 0 radical (unpaired) electrons. The average Bonchev–Trinajstić information content (AvgIpc) is 2.92. The van der Waals surface area contributed by atoms with Crippen LogP contribution in [0.5, 0.6) is 0 Å². The first-order valence-corrected chi connectivity index (χ1v) is 9.07. The number of amides is 1. The number of rotatable bonds is 7. The third-order valence-corrected chi connectivity index (χ3v) is 4.71. The minimum Gasteiger partial charge on any atom is -0.345 e. The molecular weight excluding hydrogens is 280 g/mol. The number of nitrogens with zero attached hydrogens (tertiary/aromatic N) is 2. The second kappa shape index (κ2) is 8.44. The lowest BCUT2D eigenvalue weighted by Gasteiger charge is -2.22. The van der Waals surface area contributed by atoms with Crippen LogP contribution in [-0.4, -0.2) is 54.4 Å². The monoisotopic (exact) mass is 306 g/mol. The highest BCUT2D eigenvalue weighted by Gasteiger charge is 2.24. The fraction of sp³-hybridized carbons (Fsp3) is 0.588. The average molecular weight is 306 g/mol. The summed E-state index contributed by atoms with van der Waals surface area (Å²) >= 11 is 1.74. The molecule has 1 aromatic carbocycles. The molecule has 1 fully saturated rings. The quantitative estimate of drug-likeness (QED) is 0.774. The number of hydrogen-bond acceptors (Lipinski definition) is 3. The normalized spacial score (nSPS) is 18.9. The van der Waals surface area contributed by atoms with Crippen LogP contribution >= 0.6 is 11.8 Å². The lowest BCUT2D eigenvalue weighted by Crippen LogP contribution is -2.33. The first kappa shape index (κ1) is 16.4. The fourth-order valence-electron chi connectivity index (χ4n) is 2.92. The molecule has 0 spiro atoms. The number of benzene rings is 1. The molecule has 0 aliphatic carbocycles. The van der Waals surface area contributed by atoms with Crippen LogP contribution in [0.1, 0.15) is 18.4 Å². The van der Waals surface area contributed by atoms with Gasteiger partial charge in [0.25, 0.3) is 0 Å². The first-order valence-electron chi connectivity index (χ1n) is 7.68. The summed E-state index contributed by atoms with van der Waals surface area (Å²) in [5.74, 6) is 1.83. The van der Waals surface area contributed by atoms with Crippen molar-refractivity contribution in [2.24, 2.45) is 5.92 Å². The number of carbonyl (C=O) groups excluding carboxylic acids is 1. The summed E-state index contributed by atoms with van der Waals surface area (Å²) in [6.07, 6.45) is 3.91. The van der Waals surface area contributed by atoms with Crippen molar-refractivity contribution in [1.29, 1.82) is 0 Å². The second-order valence-electron chi connectivity index (χ2n) is 5.89. The zero-order valence-electron chi connectivity index (χ0n) is 13.1. The number of carbonyl (C=O) groups is 1. The molecule has 21 heavy (non-hydrogen) atoms. The minimum absolute atomic E-state index is 0.283. The van der Waals surface area contributed by atoms with Crippen molar-refractivity contribution < 1.29 is 4.79 Å². The summed E-state index contributed by atoms with van der Waals surface area (Å²) in [7, 11) is 1.95. The van der Waals surface area contributed by atoms with Crippen LogP contribution in [0, 0.1) is 5.92 Å². The maximum atomic E-state index is 12.0. The smallest absolute Gasteiger partial charge is 0.223 e. The predicted molar refractivity (Wildman–Crippen MR) is 90.5 cm³/mol. The predicted octanol–water partition coefficient (Wildman–Crippen LogP) is 2.72. The summed E-state index contributed by atoms with van der Waals surface area (Å²) in [6, 6.07) is 10.6. The molecule has 2 rings (SSSR count). The summed E-state index contributed by atoms with van der Waals surface area (Å²) < 4.78 is 0. The molecule has 1 heterocycles. The molecule has 0 unspecified atom stereocenters. The number of thioether (sulfide) groups is 1. The number of hydrogen-bond donors (Lipinski definition) is 0. The Morgan fingerprint density at radius 2 is 2.14 bits per heavy atom. The van der Waals surface area contributed by atoms with Gasteiger partial charge in [-0.3, -0.25) is 9.69 Å². The third kappa shape index (κ3) is 5.36. The van der Waals surface area contributed by atoms with Gasteiger partial charge in [-0.25, -0.2) is 0 Å². The molecule has 1 amide bonds. The zero-order chi connectivity index (χ0) is 15.1. The van der Waals surface area contributed by atoms with Crippen LogP contribution in [0.4, 0.5) is 0 Å². The minimum atomic E-state index is 0.283. The van der Waals surface area contributed by atoms with Gasteiger partial charge in [0.2, 0.25) is 5.91 Å². The van der Waals surface area contributed by atoms with Crippen LogP contribution in [0.2, 0.25) is 0 Å². The van der Waals surface area contributed by atoms with E-state index < -0.39 is 0 Å². The standard InChI is InChI=1S/C17H26N2OS/c1-18(17(20)9-11-21-2)12-16-8-10-19(14-16)13-15-6-4-3-5-7-15/h3-7,16H,8-14H2,1-2H3/t16-/m1/s1. The van der Waals surface area contributed by atoms with Crippen molar-refractivity contribution in [3.63, 3.8) is 0 Å². The van der Waals surface area contributed by atoms with Crippen LogP contribution in [0.25, 0.3) is 0 Å². The largest absolute Gasteiger partial charge is 0.345 e. The van der Waals surface area contributed by atoms with E-state index in [1.807, 2.05) is 18.2 Å². The summed E-state index contributed by atoms with van der Waals surface area (Å²) in [6.45, 7) is 4.18. The van der Waals surface area contributed by atoms with Gasteiger partial charge in [-0.1, -0.05) is 30.3 Å². The molecule has 0 N–H and O–H groups in total. The van der Waals surface area contributed by atoms with Crippen molar-refractivity contribution in [2.75, 3.05) is 38.7 Å². The molecule has 0 bridgehead atoms. The molecule has 116 valence electrons. The highest BCUT2D eigenvalue weighted by atomic mass is 32.2. The van der Waals surface area contributed by atoms with Crippen LogP contribution < -0.4 is 0 Å². The van der Waals surface area contributed by atoms with Crippen molar-refractivity contribution >= 4 is 17.7 Å². The van der Waals surface area contributed by atoms with Crippen molar-refractivity contribution in [3.8, 4) is 0 Å². The first-order chi connectivity index (χ1) is 10.2. The van der Waals surface area contributed by atoms with Gasteiger partial charge >= 0.3 is 0 Å². The molecule has 3 nitrogen and oxygen atoms in total. The van der Waals surface area contributed by atoms with Crippen LogP contribution in [0.15, 0.2) is 30.3 Å². The Labute approximate surface area is 132 Å². The van der Waals surface area contributed by atoms with E-state index in [0.29, 0.717) is 12.3 Å². The molecular formula is C17H26N2OS. The van der Waals surface area contributed by atoms with Gasteiger partial charge in [-0.05, 0) is 30.7 Å². The highest BCUT2D eigenvalue weighted by molar-refractivity contribution is 7.98. The molecule has 1 atom stereocenters. The second-order valence-corrected chi connectivity index (χ2v) is 6.88. The van der Waals surface area contributed by atoms with Gasteiger partial charge in [0.1, 0.15) is 0 Å². The van der Waals surface area contributed by atoms with E-state index in [1.165, 1.54) is 12.0 Å². The molecule has 1 aromatic rings. The maximum absolute atomic E-state index is 12.0. The third-order valence-electron chi connectivity index (χ3n) is 4.10. The Kier molecular flexibility index (Phi) is 6.58. The Bertz CT molecular complexity index is 438. The maximum Gasteiger partial charge on any atom is 0.223 e. The van der Waals surface area contributed by atoms with E-state index in [2.05, 4.69) is 35.2 Å². The van der Waals surface area contributed by atoms with Crippen molar-refractivity contribution in [2.45, 2.75) is 19.4 Å². The molecule has 1 aliphatic heterocycles. The Balaban J connectivity index is 1.73. The molecule has 4 heteroatoms. The topological polar surface area (TPSA) is 23.6 Å². The molecule has 1 aliphatic rings. The lowest BCUT2D eigenvalue weighted by molar-refractivity contribution is -0.129. The number of likely N-dealkylation sites (tertiary alicyclic amines) is 1. The van der Waals surface area contributed by atoms with Gasteiger partial charge < -0.3 is 4.90 Å². The van der Waals surface area contributed by atoms with Crippen LogP contribution in [0.3, 0.4) is 0 Å². The molecule has 0 aromatic heterocycles. The van der Waals surface area contributed by atoms with E-state index in [0.717, 1.165) is 31.9 Å². The summed E-state index contributed by atoms with van der Waals surface area (Å²) in [5, 5.41) is 0. The van der Waals surface area contributed by atoms with E-state index in [9.17, 15) is 4.79 Å². The SMILES string of the molecule is CSCCC(=O)N(C)C[C@H]1CCN(Cc2ccccc2)C1. The molecule has 0 saturated carbocycles. The van der Waals surface area contributed by atoms with Crippen molar-refractivity contribution in [1.82, 2.24) is 9.80 Å². The van der Waals surface area contributed by atoms with Crippen LogP contribution in [-0.2, 0) is 11.3 Å². The van der Waals surface area contributed by atoms with E-state index in [-0.39, 0.29) is 5.91 Å². The Morgan fingerprint density at radius 3 is 2.86 bits per heavy atom. The summed E-state index contributed by atoms with van der Waals surface area (Å²) in [5.41, 5.74) is 1.38. The van der Waals surface area contributed by atoms with Gasteiger partial charge in [-0.15, -0.1) is 0 Å². The Morgan fingerprint density at radius 1 is 1.38 bits per heavy atom. The zero-order valence-corrected chi connectivity index (χ0v) is 13.9. The Hall–Kier alpha value is -1.00. The van der Waals surface area contributed by atoms with Crippen molar-refractivity contribution in [3.05, 3.63) is 35.9 Å². The van der Waals surface area contributed by atoms with Gasteiger partial charge in [-0.2, -0.15) is 11.8 Å². The highest BCUT2D eigenvalue weighted by Crippen LogP contribution is 2.19. The molecule has 1 saturated heterocycles. The van der Waals surface area contributed by atoms with E-state index in [1.54, 1.807) is 11.8 Å². The lowest BCUT2D eigenvalue weighted by atomic mass is 10.1. The summed E-state index contributed by atoms with van der Waals surface area (Å²) in [4.78, 5) is 16.4. The van der Waals surface area contributed by atoms with Gasteiger partial charge in [0.15, 0.2) is 0 Å². The van der Waals surface area contributed by atoms with E-state index in [4.69, 9.17) is 0 Å². The van der Waals surface area contributed by atoms with Gasteiger partial charge in [0.05, 0.1) is 0 Å². The fourth-order valence-corrected chi connectivity index (χ4v) is 3.30. The van der Waals surface area contributed by atoms with Gasteiger partial charge in [0, 0.05) is 38.9 Å². The van der Waals surface area contributed by atoms with E-state index >= 15 is 0 Å².